The topological polar surface area (TPSA) is 51.1 Å². The number of benzene rings is 1. The van der Waals surface area contributed by atoms with Crippen molar-refractivity contribution < 1.29 is 4.74 Å². The van der Waals surface area contributed by atoms with Gasteiger partial charge >= 0.3 is 0 Å². The van der Waals surface area contributed by atoms with Gasteiger partial charge in [0, 0.05) is 24.8 Å². The molecule has 0 aliphatic carbocycles. The number of aryl methyl sites for hydroxylation is 2. The lowest BCUT2D eigenvalue weighted by atomic mass is 10.1. The van der Waals surface area contributed by atoms with Crippen molar-refractivity contribution in [3.05, 3.63) is 47.7 Å². The van der Waals surface area contributed by atoms with Crippen molar-refractivity contribution in [1.82, 2.24) is 15.0 Å². The summed E-state index contributed by atoms with van der Waals surface area (Å²) in [5.74, 6) is 1.67. The van der Waals surface area contributed by atoms with Gasteiger partial charge in [0.25, 0.3) is 0 Å². The Balaban J connectivity index is 1.91. The second-order valence-electron chi connectivity index (χ2n) is 6.40. The van der Waals surface area contributed by atoms with Crippen LogP contribution >= 0.6 is 0 Å². The molecule has 3 aromatic rings. The molecule has 0 amide bonds. The van der Waals surface area contributed by atoms with E-state index < -0.39 is 0 Å². The highest BCUT2D eigenvalue weighted by molar-refractivity contribution is 5.87. The van der Waals surface area contributed by atoms with Crippen LogP contribution in [0, 0.1) is 6.92 Å². The molecule has 1 fully saturated rings. The molecule has 5 heteroatoms. The highest BCUT2D eigenvalue weighted by Crippen LogP contribution is 2.27. The summed E-state index contributed by atoms with van der Waals surface area (Å²) in [5.41, 5.74) is 5.21. The molecule has 5 nitrogen and oxygen atoms in total. The van der Waals surface area contributed by atoms with Gasteiger partial charge in [-0.2, -0.15) is 0 Å². The van der Waals surface area contributed by atoms with Crippen molar-refractivity contribution in [3.8, 4) is 11.4 Å². The first-order valence-electron chi connectivity index (χ1n) is 8.81. The number of aromatic nitrogens is 3. The van der Waals surface area contributed by atoms with Crippen LogP contribution in [-0.4, -0.2) is 41.3 Å². The maximum absolute atomic E-state index is 5.49. The quantitative estimate of drug-likeness (QED) is 0.735. The average molecular weight is 334 g/mol. The molecule has 1 aliphatic heterocycles. The third kappa shape index (κ3) is 3.20. The zero-order valence-electron chi connectivity index (χ0n) is 14.7. The van der Waals surface area contributed by atoms with E-state index in [1.165, 1.54) is 11.1 Å². The number of ether oxygens (including phenoxy) is 1. The summed E-state index contributed by atoms with van der Waals surface area (Å²) in [4.78, 5) is 16.6. The van der Waals surface area contributed by atoms with Crippen LogP contribution in [0.25, 0.3) is 22.4 Å². The van der Waals surface area contributed by atoms with Crippen molar-refractivity contribution in [2.24, 2.45) is 0 Å². The fourth-order valence-corrected chi connectivity index (χ4v) is 3.15. The van der Waals surface area contributed by atoms with Gasteiger partial charge in [0.1, 0.15) is 5.52 Å². The molecule has 1 aromatic carbocycles. The Kier molecular flexibility index (Phi) is 4.32. The minimum Gasteiger partial charge on any atom is -0.378 e. The second-order valence-corrected chi connectivity index (χ2v) is 6.40. The zero-order chi connectivity index (χ0) is 17.2. The van der Waals surface area contributed by atoms with E-state index >= 15 is 0 Å². The predicted octanol–water partition coefficient (Wildman–Crippen LogP) is 3.40. The zero-order valence-corrected chi connectivity index (χ0v) is 14.7. The molecule has 0 N–H and O–H groups in total. The number of nitrogens with zero attached hydrogens (tertiary/aromatic N) is 4. The SMILES string of the molecule is CCc1cnc2c(N3CCOCC3)nc(-c3cccc(C)c3)nc2c1. The molecule has 128 valence electrons. The van der Waals surface area contributed by atoms with Gasteiger partial charge in [-0.05, 0) is 31.0 Å². The Morgan fingerprint density at radius 3 is 2.72 bits per heavy atom. The maximum atomic E-state index is 5.49. The van der Waals surface area contributed by atoms with E-state index in [1.54, 1.807) is 0 Å². The van der Waals surface area contributed by atoms with Crippen LogP contribution in [0.1, 0.15) is 18.1 Å². The first-order valence-corrected chi connectivity index (χ1v) is 8.81. The summed E-state index contributed by atoms with van der Waals surface area (Å²) >= 11 is 0. The van der Waals surface area contributed by atoms with Gasteiger partial charge in [0.15, 0.2) is 11.6 Å². The first-order chi connectivity index (χ1) is 12.2. The van der Waals surface area contributed by atoms with E-state index in [9.17, 15) is 0 Å². The standard InChI is InChI=1S/C20H22N4O/c1-3-15-12-17-18(21-13-15)20(24-7-9-25-10-8-24)23-19(22-17)16-6-4-5-14(2)11-16/h4-6,11-13H,3,7-10H2,1-2H3. The third-order valence-electron chi connectivity index (χ3n) is 4.57. The van der Waals surface area contributed by atoms with Gasteiger partial charge in [-0.3, -0.25) is 4.98 Å². The smallest absolute Gasteiger partial charge is 0.162 e. The van der Waals surface area contributed by atoms with E-state index in [1.807, 2.05) is 12.3 Å². The number of anilines is 1. The number of hydrogen-bond donors (Lipinski definition) is 0. The summed E-state index contributed by atoms with van der Waals surface area (Å²) in [6, 6.07) is 10.5. The van der Waals surface area contributed by atoms with Gasteiger partial charge in [-0.25, -0.2) is 9.97 Å². The predicted molar refractivity (Wildman–Crippen MR) is 99.9 cm³/mol. The fraction of sp³-hybridized carbons (Fsp3) is 0.350. The summed E-state index contributed by atoms with van der Waals surface area (Å²) in [6.45, 7) is 7.32. The monoisotopic (exact) mass is 334 g/mol. The Bertz CT molecular complexity index is 903. The van der Waals surface area contributed by atoms with Gasteiger partial charge in [-0.1, -0.05) is 30.7 Å². The number of pyridine rings is 1. The number of rotatable bonds is 3. The summed E-state index contributed by atoms with van der Waals surface area (Å²) in [7, 11) is 0. The summed E-state index contributed by atoms with van der Waals surface area (Å²) in [6.07, 6.45) is 2.88. The molecule has 4 rings (SSSR count). The lowest BCUT2D eigenvalue weighted by Gasteiger charge is -2.28. The van der Waals surface area contributed by atoms with Crippen LogP contribution in [0.15, 0.2) is 36.5 Å². The van der Waals surface area contributed by atoms with E-state index in [2.05, 4.69) is 48.0 Å². The van der Waals surface area contributed by atoms with Crippen molar-refractivity contribution >= 4 is 16.9 Å². The number of fused-ring (bicyclic) bond motifs is 1. The fourth-order valence-electron chi connectivity index (χ4n) is 3.15. The van der Waals surface area contributed by atoms with Gasteiger partial charge in [-0.15, -0.1) is 0 Å². The molecule has 1 saturated heterocycles. The van der Waals surface area contributed by atoms with Gasteiger partial charge < -0.3 is 9.64 Å². The molecule has 0 bridgehead atoms. The average Bonchev–Trinajstić information content (AvgIpc) is 2.67. The molecule has 0 radical (unpaired) electrons. The Morgan fingerprint density at radius 1 is 1.12 bits per heavy atom. The van der Waals surface area contributed by atoms with Crippen LogP contribution in [0.3, 0.4) is 0 Å². The summed E-state index contributed by atoms with van der Waals surface area (Å²) < 4.78 is 5.49. The minimum absolute atomic E-state index is 0.721. The minimum atomic E-state index is 0.721. The molecule has 0 spiro atoms. The van der Waals surface area contributed by atoms with E-state index in [0.717, 1.165) is 61.0 Å². The van der Waals surface area contributed by atoms with Crippen LogP contribution in [-0.2, 0) is 11.2 Å². The molecule has 0 atom stereocenters. The van der Waals surface area contributed by atoms with Crippen LogP contribution in [0.4, 0.5) is 5.82 Å². The van der Waals surface area contributed by atoms with Gasteiger partial charge in [0.2, 0.25) is 0 Å². The van der Waals surface area contributed by atoms with Crippen LogP contribution < -0.4 is 4.90 Å². The molecule has 0 unspecified atom stereocenters. The van der Waals surface area contributed by atoms with E-state index in [-0.39, 0.29) is 0 Å². The lowest BCUT2D eigenvalue weighted by Crippen LogP contribution is -2.37. The molecular formula is C20H22N4O. The number of morpholine rings is 1. The van der Waals surface area contributed by atoms with E-state index in [0.29, 0.717) is 0 Å². The highest BCUT2D eigenvalue weighted by Gasteiger charge is 2.19. The first kappa shape index (κ1) is 16.0. The Labute approximate surface area is 147 Å². The Hall–Kier alpha value is -2.53. The largest absolute Gasteiger partial charge is 0.378 e. The van der Waals surface area contributed by atoms with Crippen LogP contribution in [0.2, 0.25) is 0 Å². The molecule has 3 heterocycles. The van der Waals surface area contributed by atoms with Crippen molar-refractivity contribution in [3.63, 3.8) is 0 Å². The van der Waals surface area contributed by atoms with Crippen molar-refractivity contribution in [2.45, 2.75) is 20.3 Å². The van der Waals surface area contributed by atoms with Crippen molar-refractivity contribution in [2.75, 3.05) is 31.2 Å². The molecule has 25 heavy (non-hydrogen) atoms. The highest BCUT2D eigenvalue weighted by atomic mass is 16.5. The van der Waals surface area contributed by atoms with Gasteiger partial charge in [0.05, 0.1) is 18.7 Å². The maximum Gasteiger partial charge on any atom is 0.162 e. The number of hydrogen-bond acceptors (Lipinski definition) is 5. The lowest BCUT2D eigenvalue weighted by molar-refractivity contribution is 0.122. The molecule has 2 aromatic heterocycles. The third-order valence-corrected chi connectivity index (χ3v) is 4.57. The van der Waals surface area contributed by atoms with Crippen molar-refractivity contribution in [1.29, 1.82) is 0 Å². The molecular weight excluding hydrogens is 312 g/mol. The molecule has 0 saturated carbocycles. The summed E-state index contributed by atoms with van der Waals surface area (Å²) in [5, 5.41) is 0. The van der Waals surface area contributed by atoms with Crippen LogP contribution in [0.5, 0.6) is 0 Å². The van der Waals surface area contributed by atoms with E-state index in [4.69, 9.17) is 14.7 Å². The second kappa shape index (κ2) is 6.76. The Morgan fingerprint density at radius 2 is 1.96 bits per heavy atom. The molecule has 1 aliphatic rings. The normalized spacial score (nSPS) is 14.9.